The Morgan fingerprint density at radius 2 is 1.58 bits per heavy atom. The zero-order chi connectivity index (χ0) is 43.0. The number of rotatable bonds is 13. The van der Waals surface area contributed by atoms with E-state index >= 15 is 0 Å². The molecule has 2 heterocycles. The van der Waals surface area contributed by atoms with Crippen LogP contribution >= 0.6 is 0 Å². The maximum absolute atomic E-state index is 12.2. The summed E-state index contributed by atoms with van der Waals surface area (Å²) in [5, 5.41) is 32.8. The zero-order valence-corrected chi connectivity index (χ0v) is 35.6. The Bertz CT molecular complexity index is 1700. The summed E-state index contributed by atoms with van der Waals surface area (Å²) < 4.78 is 40.5. The van der Waals surface area contributed by atoms with Gasteiger partial charge >= 0.3 is 29.8 Å². The third-order valence-corrected chi connectivity index (χ3v) is 14.8. The molecule has 1 aromatic rings. The van der Waals surface area contributed by atoms with Crippen LogP contribution in [-0.2, 0) is 63.7 Å². The summed E-state index contributed by atoms with van der Waals surface area (Å²) in [4.78, 5) is 60.2. The minimum Gasteiger partial charge on any atom is -0.469 e. The van der Waals surface area contributed by atoms with Crippen molar-refractivity contribution in [2.24, 2.45) is 46.3 Å². The van der Waals surface area contributed by atoms with Gasteiger partial charge in [0.15, 0.2) is 24.6 Å². The van der Waals surface area contributed by atoms with Gasteiger partial charge in [0.1, 0.15) is 18.4 Å². The van der Waals surface area contributed by atoms with Crippen LogP contribution in [0, 0.1) is 46.3 Å². The summed E-state index contributed by atoms with van der Waals surface area (Å²) in [5.74, 6) is -1.84. The lowest BCUT2D eigenvalue weighted by Gasteiger charge is -2.63. The molecule has 5 fully saturated rings. The quantitative estimate of drug-likeness (QED) is 0.214. The van der Waals surface area contributed by atoms with E-state index in [4.69, 9.17) is 33.2 Å². The monoisotopic (exact) mass is 833 g/mol. The molecule has 17 heteroatoms. The summed E-state index contributed by atoms with van der Waals surface area (Å²) in [6.07, 6.45) is 1.17. The molecule has 1 saturated heterocycles. The Balaban J connectivity index is 1.13. The molecular formula is C42H63N3O14. The van der Waals surface area contributed by atoms with Crippen LogP contribution in [0.25, 0.3) is 0 Å². The number of hydrogen-bond acceptors (Lipinski definition) is 16. The van der Waals surface area contributed by atoms with Gasteiger partial charge in [0, 0.05) is 34.1 Å². The van der Waals surface area contributed by atoms with E-state index < -0.39 is 66.8 Å². The molecule has 0 amide bonds. The van der Waals surface area contributed by atoms with Crippen molar-refractivity contribution < 1.29 is 67.3 Å². The number of hydrogen-bond donors (Lipinski definition) is 2. The molecule has 5 aliphatic rings. The molecule has 59 heavy (non-hydrogen) atoms. The molecule has 0 bridgehead atoms. The molecule has 2 N–H and O–H groups in total. The fourth-order valence-corrected chi connectivity index (χ4v) is 12.1. The number of fused-ring (bicyclic) bond motifs is 5. The highest BCUT2D eigenvalue weighted by Crippen LogP contribution is 2.69. The lowest BCUT2D eigenvalue weighted by molar-refractivity contribution is -0.310. The molecule has 16 atom stereocenters. The number of ether oxygens (including phenoxy) is 7. The molecule has 330 valence electrons. The van der Waals surface area contributed by atoms with Crippen LogP contribution in [0.1, 0.15) is 118 Å². The molecule has 0 spiro atoms. The molecule has 1 aromatic heterocycles. The van der Waals surface area contributed by atoms with Crippen molar-refractivity contribution in [3.63, 3.8) is 0 Å². The SMILES string of the molecule is COC(=O)CC[C@@H](C)[C@H]1CC[C@H]2[C@@H]3[C@H](O)CC4C[C@@H](n5cc(COC6OC(COC(C)=O)C(OC(C)=O)C(OC(C)=O)C6OC(C)=O)nn5)CC[C@]4(C)[C@H]3C[C@H](O)[C@]12C. The number of esters is 5. The molecule has 6 unspecified atom stereocenters. The van der Waals surface area contributed by atoms with Crippen molar-refractivity contribution in [1.29, 1.82) is 0 Å². The molecule has 1 aliphatic heterocycles. The topological polar surface area (TPSA) is 221 Å². The molecule has 17 nitrogen and oxygen atoms in total. The third-order valence-electron chi connectivity index (χ3n) is 14.8. The first-order valence-electron chi connectivity index (χ1n) is 21.1. The Morgan fingerprint density at radius 1 is 0.898 bits per heavy atom. The average molecular weight is 834 g/mol. The van der Waals surface area contributed by atoms with E-state index in [1.807, 2.05) is 4.68 Å². The van der Waals surface area contributed by atoms with Gasteiger partial charge in [0.05, 0.1) is 38.2 Å². The van der Waals surface area contributed by atoms with Crippen LogP contribution < -0.4 is 0 Å². The van der Waals surface area contributed by atoms with Gasteiger partial charge in [-0.2, -0.15) is 0 Å². The maximum Gasteiger partial charge on any atom is 0.305 e. The smallest absolute Gasteiger partial charge is 0.305 e. The van der Waals surface area contributed by atoms with Gasteiger partial charge in [0.2, 0.25) is 0 Å². The van der Waals surface area contributed by atoms with Crippen LogP contribution in [0.4, 0.5) is 0 Å². The first-order chi connectivity index (χ1) is 27.9. The Morgan fingerprint density at radius 3 is 2.24 bits per heavy atom. The second-order valence-electron chi connectivity index (χ2n) is 18.2. The van der Waals surface area contributed by atoms with Gasteiger partial charge in [-0.15, -0.1) is 5.10 Å². The highest BCUT2D eigenvalue weighted by molar-refractivity contribution is 5.69. The van der Waals surface area contributed by atoms with E-state index in [1.165, 1.54) is 14.0 Å². The van der Waals surface area contributed by atoms with Crippen LogP contribution in [0.2, 0.25) is 0 Å². The second-order valence-corrected chi connectivity index (χ2v) is 18.2. The second kappa shape index (κ2) is 18.1. The van der Waals surface area contributed by atoms with Gasteiger partial charge in [-0.25, -0.2) is 4.68 Å². The van der Waals surface area contributed by atoms with Crippen LogP contribution in [0.5, 0.6) is 0 Å². The maximum atomic E-state index is 12.2. The highest BCUT2D eigenvalue weighted by atomic mass is 16.7. The lowest BCUT2D eigenvalue weighted by atomic mass is 9.43. The number of carbonyl (C=O) groups excluding carboxylic acids is 5. The Labute approximate surface area is 345 Å². The van der Waals surface area contributed by atoms with E-state index in [1.54, 1.807) is 6.20 Å². The Kier molecular flexibility index (Phi) is 13.8. The number of nitrogens with zero attached hydrogens (tertiary/aromatic N) is 3. The predicted octanol–water partition coefficient (Wildman–Crippen LogP) is 3.61. The molecule has 0 radical (unpaired) electrons. The van der Waals surface area contributed by atoms with Crippen molar-refractivity contribution >= 4 is 29.8 Å². The van der Waals surface area contributed by atoms with E-state index in [0.29, 0.717) is 25.0 Å². The van der Waals surface area contributed by atoms with Gasteiger partial charge in [0.25, 0.3) is 0 Å². The lowest BCUT2D eigenvalue weighted by Crippen LogP contribution is -2.62. The number of methoxy groups -OCH3 is 1. The number of carbonyl (C=O) groups is 5. The Hall–Kier alpha value is -3.67. The van der Waals surface area contributed by atoms with Gasteiger partial charge in [-0.1, -0.05) is 26.0 Å². The van der Waals surface area contributed by atoms with E-state index in [2.05, 4.69) is 31.1 Å². The molecular weight excluding hydrogens is 770 g/mol. The highest BCUT2D eigenvalue weighted by Gasteiger charge is 2.66. The third kappa shape index (κ3) is 9.18. The molecule has 4 saturated carbocycles. The van der Waals surface area contributed by atoms with Crippen LogP contribution in [-0.4, -0.2) is 112 Å². The number of aliphatic hydroxyl groups is 2. The van der Waals surface area contributed by atoms with E-state index in [0.717, 1.165) is 59.3 Å². The van der Waals surface area contributed by atoms with Crippen LogP contribution in [0.15, 0.2) is 6.20 Å². The summed E-state index contributed by atoms with van der Waals surface area (Å²) in [6, 6.07) is 0.00838. The van der Waals surface area contributed by atoms with Gasteiger partial charge in [-0.05, 0) is 97.7 Å². The summed E-state index contributed by atoms with van der Waals surface area (Å²) in [7, 11) is 1.41. The molecule has 0 aromatic carbocycles. The van der Waals surface area contributed by atoms with E-state index in [-0.39, 0.29) is 71.6 Å². The molecule has 4 aliphatic carbocycles. The summed E-state index contributed by atoms with van der Waals surface area (Å²) in [6.45, 7) is 10.9. The normalized spacial score (nSPS) is 39.4. The number of aromatic nitrogens is 3. The van der Waals surface area contributed by atoms with Crippen LogP contribution in [0.3, 0.4) is 0 Å². The zero-order valence-electron chi connectivity index (χ0n) is 35.6. The van der Waals surface area contributed by atoms with Gasteiger partial charge in [-0.3, -0.25) is 24.0 Å². The van der Waals surface area contributed by atoms with Crippen molar-refractivity contribution in [2.45, 2.75) is 162 Å². The minimum absolute atomic E-state index is 0.00838. The summed E-state index contributed by atoms with van der Waals surface area (Å²) >= 11 is 0. The molecule has 6 rings (SSSR count). The van der Waals surface area contributed by atoms with Crippen molar-refractivity contribution in [2.75, 3.05) is 13.7 Å². The average Bonchev–Trinajstić information content (AvgIpc) is 3.79. The minimum atomic E-state index is -1.36. The van der Waals surface area contributed by atoms with E-state index in [9.17, 15) is 34.2 Å². The fourth-order valence-electron chi connectivity index (χ4n) is 12.1. The van der Waals surface area contributed by atoms with Crippen molar-refractivity contribution in [1.82, 2.24) is 15.0 Å². The van der Waals surface area contributed by atoms with Crippen molar-refractivity contribution in [3.8, 4) is 0 Å². The standard InChI is InChI=1S/C42H63N3O14/c1-21(9-12-35(52)53-8)29-10-11-30-36-31(17-34(51)42(29,30)7)41(6)14-13-28(15-26(41)16-32(36)50)45-18-27(43-44-45)19-55-40-39(58-25(5)49)38(57-24(4)48)37(56-23(3)47)33(59-40)20-54-22(2)46/h18,21,26,28-34,36-40,50-51H,9-17,19-20H2,1-8H3/t21-,26?,28+,29-,30+,31+,32-,33?,34+,36+,37?,38?,39?,40?,41+,42-/m1/s1. The number of aliphatic hydroxyl groups excluding tert-OH is 2. The predicted molar refractivity (Wildman–Crippen MR) is 204 cm³/mol. The van der Waals surface area contributed by atoms with Crippen molar-refractivity contribution in [3.05, 3.63) is 11.9 Å². The first-order valence-corrected chi connectivity index (χ1v) is 21.1. The largest absolute Gasteiger partial charge is 0.469 e. The first kappa shape index (κ1) is 44.9. The van der Waals surface area contributed by atoms with Gasteiger partial charge < -0.3 is 43.4 Å². The fraction of sp³-hybridized carbons (Fsp3) is 0.833. The summed E-state index contributed by atoms with van der Waals surface area (Å²) in [5.41, 5.74) is 0.0485.